The normalized spacial score (nSPS) is 12.3. The number of nitrogens with zero attached hydrogens (tertiary/aromatic N) is 1. The van der Waals surface area contributed by atoms with Crippen molar-refractivity contribution in [2.45, 2.75) is 11.9 Å². The van der Waals surface area contributed by atoms with Gasteiger partial charge in [0.25, 0.3) is 10.0 Å². The highest BCUT2D eigenvalue weighted by molar-refractivity contribution is 7.91. The van der Waals surface area contributed by atoms with E-state index in [0.717, 1.165) is 12.5 Å². The Morgan fingerprint density at radius 1 is 1.40 bits per heavy atom. The van der Waals surface area contributed by atoms with E-state index in [-0.39, 0.29) is 24.5 Å². The molecule has 1 rings (SSSR count). The predicted molar refractivity (Wildman–Crippen MR) is 69.4 cm³/mol. The molecule has 1 heterocycles. The Labute approximate surface area is 116 Å². The minimum atomic E-state index is -4.07. The lowest BCUT2D eigenvalue weighted by Gasteiger charge is -2.06. The summed E-state index contributed by atoms with van der Waals surface area (Å²) in [5.74, 6) is -1.18. The second-order valence-electron chi connectivity index (χ2n) is 3.86. The fraction of sp³-hybridized carbons (Fsp3) is 0.556. The highest BCUT2D eigenvalue weighted by atomic mass is 32.2. The molecule has 0 aromatic carbocycles. The van der Waals surface area contributed by atoms with Crippen molar-refractivity contribution in [3.8, 4) is 0 Å². The molecular weight excluding hydrogens is 310 g/mol. The molecule has 9 nitrogen and oxygen atoms in total. The number of esters is 1. The summed E-state index contributed by atoms with van der Waals surface area (Å²) in [5.41, 5.74) is -0.237. The van der Waals surface area contributed by atoms with Gasteiger partial charge in [-0.1, -0.05) is 0 Å². The van der Waals surface area contributed by atoms with Crippen molar-refractivity contribution in [1.29, 1.82) is 0 Å². The number of sulfonamides is 1. The van der Waals surface area contributed by atoms with Crippen molar-refractivity contribution in [2.75, 3.05) is 25.2 Å². The average molecular weight is 325 g/mol. The summed E-state index contributed by atoms with van der Waals surface area (Å²) in [4.78, 5) is 11.5. The summed E-state index contributed by atoms with van der Waals surface area (Å²) >= 11 is 0. The van der Waals surface area contributed by atoms with Crippen LogP contribution < -0.4 is 4.72 Å². The SMILES string of the molecule is CCOC(=O)c1cn[nH]c1S(=O)(=O)NCCS(C)(=O)=O. The van der Waals surface area contributed by atoms with Crippen LogP contribution >= 0.6 is 0 Å². The molecule has 0 aliphatic carbocycles. The molecule has 0 aliphatic heterocycles. The van der Waals surface area contributed by atoms with Gasteiger partial charge in [-0.25, -0.2) is 26.4 Å². The molecule has 0 bridgehead atoms. The monoisotopic (exact) mass is 325 g/mol. The molecule has 0 aliphatic rings. The summed E-state index contributed by atoms with van der Waals surface area (Å²) in [6, 6.07) is 0. The maximum Gasteiger partial charge on any atom is 0.342 e. The first kappa shape index (κ1) is 16.6. The van der Waals surface area contributed by atoms with Crippen LogP contribution in [0, 0.1) is 0 Å². The summed E-state index contributed by atoms with van der Waals surface area (Å²) in [5, 5.41) is 5.21. The van der Waals surface area contributed by atoms with Gasteiger partial charge < -0.3 is 4.74 Å². The summed E-state index contributed by atoms with van der Waals surface area (Å²) in [6.45, 7) is 1.37. The van der Waals surface area contributed by atoms with Crippen molar-refractivity contribution >= 4 is 25.8 Å². The second-order valence-corrected chi connectivity index (χ2v) is 7.82. The third-order valence-corrected chi connectivity index (χ3v) is 4.51. The van der Waals surface area contributed by atoms with E-state index in [2.05, 4.69) is 14.9 Å². The predicted octanol–water partition coefficient (Wildman–Crippen LogP) is -1.09. The maximum absolute atomic E-state index is 11.9. The van der Waals surface area contributed by atoms with Gasteiger partial charge in [-0.05, 0) is 6.92 Å². The van der Waals surface area contributed by atoms with Crippen LogP contribution in [0.5, 0.6) is 0 Å². The molecule has 2 N–H and O–H groups in total. The van der Waals surface area contributed by atoms with Gasteiger partial charge in [-0.3, -0.25) is 5.10 Å². The van der Waals surface area contributed by atoms with Crippen LogP contribution in [0.1, 0.15) is 17.3 Å². The van der Waals surface area contributed by atoms with Crippen molar-refractivity contribution in [1.82, 2.24) is 14.9 Å². The van der Waals surface area contributed by atoms with Crippen LogP contribution in [0.15, 0.2) is 11.2 Å². The average Bonchev–Trinajstić information content (AvgIpc) is 2.76. The first-order chi connectivity index (χ1) is 9.17. The molecule has 1 aromatic heterocycles. The van der Waals surface area contributed by atoms with Crippen LogP contribution in [-0.4, -0.2) is 58.2 Å². The largest absolute Gasteiger partial charge is 0.462 e. The van der Waals surface area contributed by atoms with E-state index in [1.54, 1.807) is 6.92 Å². The van der Waals surface area contributed by atoms with Crippen LogP contribution in [0.2, 0.25) is 0 Å². The Bertz CT molecular complexity index is 676. The lowest BCUT2D eigenvalue weighted by Crippen LogP contribution is -2.30. The fourth-order valence-electron chi connectivity index (χ4n) is 1.27. The zero-order valence-electron chi connectivity index (χ0n) is 10.9. The molecule has 0 saturated heterocycles. The number of aromatic nitrogens is 2. The van der Waals surface area contributed by atoms with Gasteiger partial charge in [0.2, 0.25) is 0 Å². The molecule has 11 heteroatoms. The summed E-state index contributed by atoms with van der Waals surface area (Å²) < 4.78 is 52.5. The van der Waals surface area contributed by atoms with Crippen molar-refractivity contribution in [3.05, 3.63) is 11.8 Å². The smallest absolute Gasteiger partial charge is 0.342 e. The van der Waals surface area contributed by atoms with E-state index < -0.39 is 30.9 Å². The van der Waals surface area contributed by atoms with Crippen LogP contribution in [0.3, 0.4) is 0 Å². The van der Waals surface area contributed by atoms with Gasteiger partial charge in [0, 0.05) is 12.8 Å². The number of aromatic amines is 1. The molecule has 0 atom stereocenters. The highest BCUT2D eigenvalue weighted by Gasteiger charge is 2.25. The van der Waals surface area contributed by atoms with Gasteiger partial charge in [-0.15, -0.1) is 0 Å². The molecule has 0 spiro atoms. The molecule has 0 fully saturated rings. The number of carbonyl (C=O) groups excluding carboxylic acids is 1. The topological polar surface area (TPSA) is 135 Å². The Hall–Kier alpha value is -1.46. The Morgan fingerprint density at radius 3 is 2.60 bits per heavy atom. The number of ether oxygens (including phenoxy) is 1. The van der Waals surface area contributed by atoms with E-state index in [4.69, 9.17) is 4.74 Å². The molecule has 1 aromatic rings. The molecule has 114 valence electrons. The van der Waals surface area contributed by atoms with Gasteiger partial charge in [0.1, 0.15) is 15.4 Å². The van der Waals surface area contributed by atoms with E-state index in [1.807, 2.05) is 0 Å². The number of sulfone groups is 1. The molecule has 0 unspecified atom stereocenters. The van der Waals surface area contributed by atoms with Crippen LogP contribution in [0.25, 0.3) is 0 Å². The van der Waals surface area contributed by atoms with Gasteiger partial charge >= 0.3 is 5.97 Å². The zero-order valence-corrected chi connectivity index (χ0v) is 12.5. The van der Waals surface area contributed by atoms with E-state index >= 15 is 0 Å². The third-order valence-electron chi connectivity index (χ3n) is 2.13. The minimum absolute atomic E-state index is 0.0883. The van der Waals surface area contributed by atoms with Crippen molar-refractivity contribution in [2.24, 2.45) is 0 Å². The minimum Gasteiger partial charge on any atom is -0.462 e. The second kappa shape index (κ2) is 6.33. The Balaban J connectivity index is 2.88. The Kier molecular flexibility index (Phi) is 5.25. The Morgan fingerprint density at radius 2 is 2.05 bits per heavy atom. The van der Waals surface area contributed by atoms with Crippen LogP contribution in [0.4, 0.5) is 0 Å². The standard InChI is InChI=1S/C9H15N3O6S2/c1-3-18-9(13)7-6-10-12-8(7)20(16,17)11-4-5-19(2,14)15/h6,11H,3-5H2,1-2H3,(H,10,12). The summed E-state index contributed by atoms with van der Waals surface area (Å²) in [7, 11) is -7.36. The van der Waals surface area contributed by atoms with E-state index in [9.17, 15) is 21.6 Å². The third kappa shape index (κ3) is 4.58. The summed E-state index contributed by atoms with van der Waals surface area (Å²) in [6.07, 6.45) is 2.02. The maximum atomic E-state index is 11.9. The van der Waals surface area contributed by atoms with Crippen LogP contribution in [-0.2, 0) is 24.6 Å². The molecule has 0 radical (unpaired) electrons. The molecule has 20 heavy (non-hydrogen) atoms. The quantitative estimate of drug-likeness (QED) is 0.608. The fourth-order valence-corrected chi connectivity index (χ4v) is 2.98. The first-order valence-corrected chi connectivity index (χ1v) is 9.09. The molecular formula is C9H15N3O6S2. The van der Waals surface area contributed by atoms with Gasteiger partial charge in [0.05, 0.1) is 18.6 Å². The lowest BCUT2D eigenvalue weighted by molar-refractivity contribution is 0.0522. The molecule has 0 amide bonds. The number of H-pyrrole nitrogens is 1. The number of hydrogen-bond acceptors (Lipinski definition) is 7. The van der Waals surface area contributed by atoms with E-state index in [0.29, 0.717) is 0 Å². The number of nitrogens with one attached hydrogen (secondary N) is 2. The van der Waals surface area contributed by atoms with Gasteiger partial charge in [0.15, 0.2) is 5.03 Å². The zero-order chi connectivity index (χ0) is 15.4. The highest BCUT2D eigenvalue weighted by Crippen LogP contribution is 2.12. The van der Waals surface area contributed by atoms with Gasteiger partial charge in [-0.2, -0.15) is 5.10 Å². The lowest BCUT2D eigenvalue weighted by atomic mass is 10.4. The van der Waals surface area contributed by atoms with Crippen molar-refractivity contribution < 1.29 is 26.4 Å². The van der Waals surface area contributed by atoms with E-state index in [1.165, 1.54) is 0 Å². The number of carbonyl (C=O) groups is 1. The molecule has 0 saturated carbocycles. The number of hydrogen-bond donors (Lipinski definition) is 2. The van der Waals surface area contributed by atoms with Crippen molar-refractivity contribution in [3.63, 3.8) is 0 Å². The first-order valence-electron chi connectivity index (χ1n) is 5.55. The number of rotatable bonds is 7.